The van der Waals surface area contributed by atoms with Crippen LogP contribution in [0, 0.1) is 5.92 Å². The highest BCUT2D eigenvalue weighted by molar-refractivity contribution is 5.75. The van der Waals surface area contributed by atoms with Crippen LogP contribution in [0.3, 0.4) is 0 Å². The van der Waals surface area contributed by atoms with Crippen LogP contribution in [0.4, 0.5) is 0 Å². The number of carbonyl (C=O) groups is 1. The summed E-state index contributed by atoms with van der Waals surface area (Å²) in [5.74, 6) is 0.761. The van der Waals surface area contributed by atoms with Crippen LogP contribution in [-0.2, 0) is 4.79 Å². The Hall–Kier alpha value is -0.590. The van der Waals surface area contributed by atoms with Gasteiger partial charge in [0.05, 0.1) is 0 Å². The molecule has 0 spiro atoms. The van der Waals surface area contributed by atoms with E-state index in [0.717, 1.165) is 6.42 Å². The zero-order valence-electron chi connectivity index (χ0n) is 7.11. The first-order valence-corrected chi connectivity index (χ1v) is 3.69. The van der Waals surface area contributed by atoms with Crippen molar-refractivity contribution in [3.8, 4) is 0 Å². The number of carbonyl (C=O) groups excluding carboxylic acids is 1. The molecule has 58 valence electrons. The average Bonchev–Trinajstić information content (AvgIpc) is 1.82. The van der Waals surface area contributed by atoms with Crippen LogP contribution < -0.4 is 0 Å². The molecule has 0 aromatic heterocycles. The Bertz CT molecular complexity index is 136. The Labute approximate surface area is 63.1 Å². The van der Waals surface area contributed by atoms with E-state index in [4.69, 9.17) is 0 Å². The fourth-order valence-electron chi connectivity index (χ4n) is 0.666. The predicted octanol–water partition coefficient (Wildman–Crippen LogP) is 2.57. The molecule has 0 amide bonds. The van der Waals surface area contributed by atoms with E-state index in [2.05, 4.69) is 13.5 Å². The van der Waals surface area contributed by atoms with E-state index >= 15 is 0 Å². The molecule has 0 saturated heterocycles. The van der Waals surface area contributed by atoms with Gasteiger partial charge in [-0.05, 0) is 26.2 Å². The molecule has 0 aliphatic heterocycles. The Morgan fingerprint density at radius 3 is 2.30 bits per heavy atom. The molecule has 1 atom stereocenters. The van der Waals surface area contributed by atoms with E-state index in [9.17, 15) is 4.79 Å². The molecule has 0 aromatic carbocycles. The van der Waals surface area contributed by atoms with Crippen LogP contribution in [0.2, 0.25) is 0 Å². The summed E-state index contributed by atoms with van der Waals surface area (Å²) in [7, 11) is 0. The van der Waals surface area contributed by atoms with Crippen LogP contribution in [0.5, 0.6) is 0 Å². The summed E-state index contributed by atoms with van der Waals surface area (Å²) in [6.07, 6.45) is 1.64. The summed E-state index contributed by atoms with van der Waals surface area (Å²) < 4.78 is 0. The van der Waals surface area contributed by atoms with Gasteiger partial charge in [0.1, 0.15) is 5.78 Å². The fourth-order valence-corrected chi connectivity index (χ4v) is 0.666. The van der Waals surface area contributed by atoms with Crippen molar-refractivity contribution in [3.63, 3.8) is 0 Å². The van der Waals surface area contributed by atoms with Gasteiger partial charge in [0, 0.05) is 6.42 Å². The second-order valence-corrected chi connectivity index (χ2v) is 2.99. The van der Waals surface area contributed by atoms with Gasteiger partial charge in [-0.15, -0.1) is 0 Å². The van der Waals surface area contributed by atoms with Gasteiger partial charge >= 0.3 is 0 Å². The highest BCUT2D eigenvalue weighted by Crippen LogP contribution is 2.13. The zero-order valence-corrected chi connectivity index (χ0v) is 7.11. The monoisotopic (exact) mass is 140 g/mol. The molecule has 0 bridgehead atoms. The van der Waals surface area contributed by atoms with Gasteiger partial charge in [0.25, 0.3) is 0 Å². The highest BCUT2D eigenvalue weighted by atomic mass is 16.1. The molecule has 0 unspecified atom stereocenters. The molecular weight excluding hydrogens is 124 g/mol. The van der Waals surface area contributed by atoms with Crippen molar-refractivity contribution in [3.05, 3.63) is 12.2 Å². The lowest BCUT2D eigenvalue weighted by molar-refractivity contribution is -0.117. The minimum atomic E-state index is 0.271. The summed E-state index contributed by atoms with van der Waals surface area (Å²) in [6, 6.07) is 0. The van der Waals surface area contributed by atoms with Crippen LogP contribution in [0.1, 0.15) is 33.6 Å². The van der Waals surface area contributed by atoms with Gasteiger partial charge < -0.3 is 4.79 Å². The number of allylic oxidation sites excluding steroid dienone is 1. The largest absolute Gasteiger partial charge is 0.300 e. The molecule has 0 rings (SSSR count). The predicted molar refractivity (Wildman–Crippen MR) is 43.9 cm³/mol. The lowest BCUT2D eigenvalue weighted by atomic mass is 9.98. The van der Waals surface area contributed by atoms with Gasteiger partial charge in [-0.3, -0.25) is 0 Å². The SMILES string of the molecule is C=C(C)[C@H](C)CCC(C)=O. The Morgan fingerprint density at radius 1 is 1.50 bits per heavy atom. The zero-order chi connectivity index (χ0) is 8.15. The van der Waals surface area contributed by atoms with Crippen molar-refractivity contribution in [2.45, 2.75) is 33.6 Å². The summed E-state index contributed by atoms with van der Waals surface area (Å²) in [6.45, 7) is 9.56. The Morgan fingerprint density at radius 2 is 2.00 bits per heavy atom. The van der Waals surface area contributed by atoms with Crippen molar-refractivity contribution in [1.82, 2.24) is 0 Å². The Balaban J connectivity index is 3.49. The van der Waals surface area contributed by atoms with E-state index in [1.807, 2.05) is 6.92 Å². The number of hydrogen-bond donors (Lipinski definition) is 0. The summed E-state index contributed by atoms with van der Waals surface area (Å²) in [5, 5.41) is 0. The van der Waals surface area contributed by atoms with Crippen molar-refractivity contribution >= 4 is 5.78 Å². The molecule has 0 aromatic rings. The first kappa shape index (κ1) is 9.41. The van der Waals surface area contributed by atoms with Gasteiger partial charge in [-0.2, -0.15) is 0 Å². The van der Waals surface area contributed by atoms with Crippen LogP contribution in [0.25, 0.3) is 0 Å². The lowest BCUT2D eigenvalue weighted by Gasteiger charge is -2.08. The molecule has 10 heavy (non-hydrogen) atoms. The minimum Gasteiger partial charge on any atom is -0.300 e. The van der Waals surface area contributed by atoms with Crippen molar-refractivity contribution in [1.29, 1.82) is 0 Å². The highest BCUT2D eigenvalue weighted by Gasteiger charge is 2.02. The van der Waals surface area contributed by atoms with Crippen molar-refractivity contribution in [2.75, 3.05) is 0 Å². The number of Topliss-reactive ketones (excluding diaryl/α,β-unsaturated/α-hetero) is 1. The second kappa shape index (κ2) is 4.26. The maximum Gasteiger partial charge on any atom is 0.129 e. The third-order valence-electron chi connectivity index (χ3n) is 1.77. The third-order valence-corrected chi connectivity index (χ3v) is 1.77. The maximum absolute atomic E-state index is 10.5. The van der Waals surface area contributed by atoms with Crippen LogP contribution >= 0.6 is 0 Å². The smallest absolute Gasteiger partial charge is 0.129 e. The summed E-state index contributed by atoms with van der Waals surface area (Å²) in [4.78, 5) is 10.5. The second-order valence-electron chi connectivity index (χ2n) is 2.99. The molecular formula is C9H16O. The minimum absolute atomic E-state index is 0.271. The Kier molecular flexibility index (Phi) is 4.01. The van der Waals surface area contributed by atoms with Gasteiger partial charge in [0.15, 0.2) is 0 Å². The van der Waals surface area contributed by atoms with E-state index in [1.165, 1.54) is 5.57 Å². The van der Waals surface area contributed by atoms with Crippen molar-refractivity contribution < 1.29 is 4.79 Å². The molecule has 0 heterocycles. The lowest BCUT2D eigenvalue weighted by Crippen LogP contribution is -1.99. The number of hydrogen-bond acceptors (Lipinski definition) is 1. The topological polar surface area (TPSA) is 17.1 Å². The van der Waals surface area contributed by atoms with Crippen LogP contribution in [0.15, 0.2) is 12.2 Å². The standard InChI is InChI=1S/C9H16O/c1-7(2)8(3)5-6-9(4)10/h8H,1,5-6H2,2-4H3/t8-/m1/s1. The molecule has 1 heteroatoms. The van der Waals surface area contributed by atoms with Gasteiger partial charge in [0.2, 0.25) is 0 Å². The van der Waals surface area contributed by atoms with Crippen LogP contribution in [-0.4, -0.2) is 5.78 Å². The quantitative estimate of drug-likeness (QED) is 0.548. The molecule has 0 aliphatic rings. The molecule has 0 aliphatic carbocycles. The number of rotatable bonds is 4. The van der Waals surface area contributed by atoms with E-state index < -0.39 is 0 Å². The molecule has 0 saturated carbocycles. The normalized spacial score (nSPS) is 12.7. The van der Waals surface area contributed by atoms with Gasteiger partial charge in [-0.25, -0.2) is 0 Å². The summed E-state index contributed by atoms with van der Waals surface area (Å²) >= 11 is 0. The third kappa shape index (κ3) is 4.30. The molecule has 0 fully saturated rings. The molecule has 0 radical (unpaired) electrons. The first-order chi connectivity index (χ1) is 4.54. The summed E-state index contributed by atoms with van der Waals surface area (Å²) in [5.41, 5.74) is 1.17. The first-order valence-electron chi connectivity index (χ1n) is 3.69. The fraction of sp³-hybridized carbons (Fsp3) is 0.667. The maximum atomic E-state index is 10.5. The van der Waals surface area contributed by atoms with Crippen molar-refractivity contribution in [2.24, 2.45) is 5.92 Å². The van der Waals surface area contributed by atoms with E-state index in [-0.39, 0.29) is 5.78 Å². The number of ketones is 1. The molecule has 1 nitrogen and oxygen atoms in total. The molecule has 0 N–H and O–H groups in total. The van der Waals surface area contributed by atoms with Gasteiger partial charge in [-0.1, -0.05) is 19.1 Å². The average molecular weight is 140 g/mol. The van der Waals surface area contributed by atoms with E-state index in [1.54, 1.807) is 6.92 Å². The van der Waals surface area contributed by atoms with E-state index in [0.29, 0.717) is 12.3 Å².